The van der Waals surface area contributed by atoms with Gasteiger partial charge in [0.05, 0.1) is 11.1 Å². The van der Waals surface area contributed by atoms with Crippen molar-refractivity contribution in [3.05, 3.63) is 34.9 Å². The third-order valence-corrected chi connectivity index (χ3v) is 1.52. The number of benzene rings is 1. The fourth-order valence-corrected chi connectivity index (χ4v) is 0.925. The Morgan fingerprint density at radius 3 is 2.08 bits per heavy atom. The topological polar surface area (TPSA) is 17.1 Å². The lowest BCUT2D eigenvalue weighted by Crippen LogP contribution is -2.01. The van der Waals surface area contributed by atoms with E-state index in [1.807, 2.05) is 0 Å². The standard InChI is InChI=1S/C8H4F4O/c9-5-1-2-6(10)7(8(11)12)4(5)3-13/h1-3,8H. The Balaban J connectivity index is 3.43. The number of hydrogen-bond acceptors (Lipinski definition) is 1. The van der Waals surface area contributed by atoms with Crippen molar-refractivity contribution in [1.29, 1.82) is 0 Å². The maximum Gasteiger partial charge on any atom is 0.267 e. The first-order chi connectivity index (χ1) is 6.07. The van der Waals surface area contributed by atoms with Gasteiger partial charge in [-0.2, -0.15) is 0 Å². The van der Waals surface area contributed by atoms with Gasteiger partial charge >= 0.3 is 0 Å². The molecule has 1 nitrogen and oxygen atoms in total. The van der Waals surface area contributed by atoms with Gasteiger partial charge in [0, 0.05) is 0 Å². The zero-order valence-electron chi connectivity index (χ0n) is 6.23. The monoisotopic (exact) mass is 192 g/mol. The summed E-state index contributed by atoms with van der Waals surface area (Å²) in [6.07, 6.45) is -3.32. The van der Waals surface area contributed by atoms with Gasteiger partial charge in [0.25, 0.3) is 6.43 Å². The molecule has 1 aromatic rings. The lowest BCUT2D eigenvalue weighted by Gasteiger charge is -2.05. The molecule has 0 radical (unpaired) electrons. The highest BCUT2D eigenvalue weighted by Crippen LogP contribution is 2.26. The van der Waals surface area contributed by atoms with E-state index in [4.69, 9.17) is 0 Å². The van der Waals surface area contributed by atoms with Crippen LogP contribution >= 0.6 is 0 Å². The minimum Gasteiger partial charge on any atom is -0.298 e. The van der Waals surface area contributed by atoms with Crippen LogP contribution in [0.15, 0.2) is 12.1 Å². The molecular formula is C8H4F4O. The van der Waals surface area contributed by atoms with Crippen molar-refractivity contribution in [2.75, 3.05) is 0 Å². The van der Waals surface area contributed by atoms with E-state index in [0.717, 1.165) is 0 Å². The highest BCUT2D eigenvalue weighted by molar-refractivity contribution is 5.77. The van der Waals surface area contributed by atoms with E-state index < -0.39 is 29.2 Å². The number of aldehydes is 1. The Bertz CT molecular complexity index is 335. The molecule has 0 bridgehead atoms. The second-order valence-corrected chi connectivity index (χ2v) is 2.28. The lowest BCUT2D eigenvalue weighted by molar-refractivity contribution is 0.109. The fourth-order valence-electron chi connectivity index (χ4n) is 0.925. The number of hydrogen-bond donors (Lipinski definition) is 0. The van der Waals surface area contributed by atoms with Crippen LogP contribution in [0.2, 0.25) is 0 Å². The molecule has 0 saturated heterocycles. The van der Waals surface area contributed by atoms with E-state index in [1.54, 1.807) is 0 Å². The van der Waals surface area contributed by atoms with Crippen molar-refractivity contribution in [2.24, 2.45) is 0 Å². The molecule has 0 atom stereocenters. The normalized spacial score (nSPS) is 10.5. The van der Waals surface area contributed by atoms with Crippen molar-refractivity contribution in [3.63, 3.8) is 0 Å². The predicted octanol–water partition coefficient (Wildman–Crippen LogP) is 2.71. The molecule has 0 spiro atoms. The van der Waals surface area contributed by atoms with Gasteiger partial charge in [-0.05, 0) is 12.1 Å². The molecular weight excluding hydrogens is 188 g/mol. The van der Waals surface area contributed by atoms with Crippen LogP contribution in [-0.4, -0.2) is 6.29 Å². The van der Waals surface area contributed by atoms with Crippen LogP contribution in [0.4, 0.5) is 17.6 Å². The third kappa shape index (κ3) is 1.68. The summed E-state index contributed by atoms with van der Waals surface area (Å²) in [5, 5.41) is 0. The molecule has 0 unspecified atom stereocenters. The van der Waals surface area contributed by atoms with Gasteiger partial charge in [-0.3, -0.25) is 4.79 Å². The Labute approximate surface area is 71.0 Å². The van der Waals surface area contributed by atoms with Crippen molar-refractivity contribution in [1.82, 2.24) is 0 Å². The van der Waals surface area contributed by atoms with Crippen LogP contribution in [0.3, 0.4) is 0 Å². The van der Waals surface area contributed by atoms with Crippen LogP contribution in [-0.2, 0) is 0 Å². The molecule has 5 heteroatoms. The van der Waals surface area contributed by atoms with E-state index in [-0.39, 0.29) is 6.29 Å². The Hall–Kier alpha value is -1.39. The van der Waals surface area contributed by atoms with Crippen LogP contribution < -0.4 is 0 Å². The fraction of sp³-hybridized carbons (Fsp3) is 0.125. The minimum absolute atomic E-state index is 0.125. The molecule has 1 aromatic carbocycles. The van der Waals surface area contributed by atoms with Crippen LogP contribution in [0.5, 0.6) is 0 Å². The largest absolute Gasteiger partial charge is 0.298 e. The molecule has 0 aliphatic rings. The lowest BCUT2D eigenvalue weighted by atomic mass is 10.1. The smallest absolute Gasteiger partial charge is 0.267 e. The number of alkyl halides is 2. The van der Waals surface area contributed by atoms with Crippen LogP contribution in [0, 0.1) is 11.6 Å². The first-order valence-electron chi connectivity index (χ1n) is 3.29. The highest BCUT2D eigenvalue weighted by Gasteiger charge is 2.20. The van der Waals surface area contributed by atoms with E-state index in [9.17, 15) is 22.4 Å². The van der Waals surface area contributed by atoms with Gasteiger partial charge in [-0.25, -0.2) is 17.6 Å². The highest BCUT2D eigenvalue weighted by atomic mass is 19.3. The maximum absolute atomic E-state index is 12.7. The Morgan fingerprint density at radius 1 is 1.15 bits per heavy atom. The number of carbonyl (C=O) groups is 1. The minimum atomic E-state index is -3.20. The predicted molar refractivity (Wildman–Crippen MR) is 36.7 cm³/mol. The van der Waals surface area contributed by atoms with E-state index in [1.165, 1.54) is 0 Å². The second kappa shape index (κ2) is 3.55. The molecule has 0 heterocycles. The average molecular weight is 192 g/mol. The number of halogens is 4. The summed E-state index contributed by atoms with van der Waals surface area (Å²) in [6.45, 7) is 0. The zero-order chi connectivity index (χ0) is 10.0. The molecule has 1 rings (SSSR count). The van der Waals surface area contributed by atoms with Crippen molar-refractivity contribution in [2.45, 2.75) is 6.43 Å². The van der Waals surface area contributed by atoms with Crippen molar-refractivity contribution in [3.8, 4) is 0 Å². The summed E-state index contributed by atoms with van der Waals surface area (Å²) in [7, 11) is 0. The summed E-state index contributed by atoms with van der Waals surface area (Å²) >= 11 is 0. The summed E-state index contributed by atoms with van der Waals surface area (Å²) in [6, 6.07) is 1.19. The van der Waals surface area contributed by atoms with Gasteiger partial charge in [-0.15, -0.1) is 0 Å². The van der Waals surface area contributed by atoms with E-state index in [2.05, 4.69) is 0 Å². The van der Waals surface area contributed by atoms with E-state index >= 15 is 0 Å². The SMILES string of the molecule is O=Cc1c(F)ccc(F)c1C(F)F. The van der Waals surface area contributed by atoms with Gasteiger partial charge < -0.3 is 0 Å². The number of carbonyl (C=O) groups excluding carboxylic acids is 1. The summed E-state index contributed by atoms with van der Waals surface area (Å²) in [4.78, 5) is 10.2. The second-order valence-electron chi connectivity index (χ2n) is 2.28. The maximum atomic E-state index is 12.7. The molecule has 0 N–H and O–H groups in total. The van der Waals surface area contributed by atoms with Gasteiger partial charge in [-0.1, -0.05) is 0 Å². The Morgan fingerprint density at radius 2 is 1.69 bits per heavy atom. The van der Waals surface area contributed by atoms with Crippen LogP contribution in [0.25, 0.3) is 0 Å². The third-order valence-electron chi connectivity index (χ3n) is 1.52. The quantitative estimate of drug-likeness (QED) is 0.520. The molecule has 0 saturated carbocycles. The summed E-state index contributed by atoms with van der Waals surface area (Å²) < 4.78 is 49.5. The average Bonchev–Trinajstić information content (AvgIpc) is 2.07. The molecule has 0 aliphatic heterocycles. The van der Waals surface area contributed by atoms with Gasteiger partial charge in [0.1, 0.15) is 11.6 Å². The molecule has 70 valence electrons. The van der Waals surface area contributed by atoms with Gasteiger partial charge in [0.2, 0.25) is 0 Å². The van der Waals surface area contributed by atoms with Crippen molar-refractivity contribution < 1.29 is 22.4 Å². The number of rotatable bonds is 2. The zero-order valence-corrected chi connectivity index (χ0v) is 6.23. The van der Waals surface area contributed by atoms with Crippen LogP contribution in [0.1, 0.15) is 22.3 Å². The Kier molecular flexibility index (Phi) is 2.65. The molecule has 0 aromatic heterocycles. The summed E-state index contributed by atoms with van der Waals surface area (Å²) in [5.74, 6) is -2.43. The van der Waals surface area contributed by atoms with E-state index in [0.29, 0.717) is 12.1 Å². The first kappa shape index (κ1) is 9.70. The molecule has 0 fully saturated rings. The first-order valence-corrected chi connectivity index (χ1v) is 3.29. The molecule has 0 aliphatic carbocycles. The molecule has 0 amide bonds. The summed E-state index contributed by atoms with van der Waals surface area (Å²) in [5.41, 5.74) is -2.11. The van der Waals surface area contributed by atoms with Crippen molar-refractivity contribution >= 4 is 6.29 Å². The molecule has 13 heavy (non-hydrogen) atoms. The van der Waals surface area contributed by atoms with Gasteiger partial charge in [0.15, 0.2) is 6.29 Å².